The van der Waals surface area contributed by atoms with Gasteiger partial charge < -0.3 is 4.79 Å². The molecule has 3 nitrogen and oxygen atoms in total. The molecule has 0 radical (unpaired) electrons. The predicted molar refractivity (Wildman–Crippen MR) is 51.7 cm³/mol. The van der Waals surface area contributed by atoms with Crippen LogP contribution in [-0.4, -0.2) is 54.3 Å². The van der Waals surface area contributed by atoms with Crippen molar-refractivity contribution in [1.82, 2.24) is 9.80 Å². The smallest absolute Gasteiger partial charge is 0.136 e. The molecule has 0 spiro atoms. The predicted octanol–water partition coefficient (Wildman–Crippen LogP) is 0.354. The fourth-order valence-corrected chi connectivity index (χ4v) is 2.04. The molecule has 0 aromatic carbocycles. The third-order valence-corrected chi connectivity index (χ3v) is 3.19. The molecule has 0 N–H and O–H groups in total. The second-order valence-electron chi connectivity index (χ2n) is 4.18. The Hall–Kier alpha value is -0.410. The lowest BCUT2D eigenvalue weighted by Gasteiger charge is -2.36. The van der Waals surface area contributed by atoms with Crippen molar-refractivity contribution in [2.24, 2.45) is 0 Å². The zero-order chi connectivity index (χ0) is 9.26. The van der Waals surface area contributed by atoms with Crippen molar-refractivity contribution in [3.05, 3.63) is 0 Å². The average Bonchev–Trinajstić information content (AvgIpc) is 3.00. The fraction of sp³-hybridized carbons (Fsp3) is 0.900. The molecular weight excluding hydrogens is 164 g/mol. The summed E-state index contributed by atoms with van der Waals surface area (Å²) < 4.78 is 0. The van der Waals surface area contributed by atoms with Crippen LogP contribution < -0.4 is 0 Å². The van der Waals surface area contributed by atoms with Crippen LogP contribution in [0, 0.1) is 0 Å². The number of carbonyl (C=O) groups excluding carboxylic acids is 1. The topological polar surface area (TPSA) is 23.6 Å². The first-order valence-electron chi connectivity index (χ1n) is 5.24. The highest BCUT2D eigenvalue weighted by atomic mass is 16.1. The Labute approximate surface area is 79.7 Å². The van der Waals surface area contributed by atoms with E-state index in [1.165, 1.54) is 12.8 Å². The van der Waals surface area contributed by atoms with Crippen LogP contribution in [0.1, 0.15) is 19.8 Å². The number of nitrogens with zero attached hydrogens (tertiary/aromatic N) is 2. The lowest BCUT2D eigenvalue weighted by molar-refractivity contribution is -0.112. The minimum Gasteiger partial charge on any atom is -0.302 e. The van der Waals surface area contributed by atoms with E-state index in [0.29, 0.717) is 0 Å². The van der Waals surface area contributed by atoms with E-state index in [1.54, 1.807) is 0 Å². The van der Waals surface area contributed by atoms with Gasteiger partial charge in [-0.25, -0.2) is 0 Å². The van der Waals surface area contributed by atoms with Gasteiger partial charge in [0.1, 0.15) is 6.29 Å². The zero-order valence-electron chi connectivity index (χ0n) is 8.28. The van der Waals surface area contributed by atoms with Crippen molar-refractivity contribution >= 4 is 6.29 Å². The van der Waals surface area contributed by atoms with E-state index in [9.17, 15) is 4.79 Å². The summed E-state index contributed by atoms with van der Waals surface area (Å²) in [6.45, 7) is 6.43. The molecule has 2 rings (SSSR count). The highest BCUT2D eigenvalue weighted by Crippen LogP contribution is 2.27. The van der Waals surface area contributed by atoms with Gasteiger partial charge in [0.2, 0.25) is 0 Å². The monoisotopic (exact) mass is 182 g/mol. The summed E-state index contributed by atoms with van der Waals surface area (Å²) >= 11 is 0. The van der Waals surface area contributed by atoms with Crippen LogP contribution in [-0.2, 0) is 4.79 Å². The Morgan fingerprint density at radius 1 is 1.23 bits per heavy atom. The molecule has 0 aromatic rings. The molecule has 1 atom stereocenters. The largest absolute Gasteiger partial charge is 0.302 e. The van der Waals surface area contributed by atoms with Gasteiger partial charge in [0, 0.05) is 32.2 Å². The first kappa shape index (κ1) is 9.16. The van der Waals surface area contributed by atoms with Crippen molar-refractivity contribution in [3.8, 4) is 0 Å². The maximum Gasteiger partial charge on any atom is 0.136 e. The highest BCUT2D eigenvalue weighted by molar-refractivity contribution is 5.56. The number of rotatable bonds is 3. The molecule has 2 aliphatic rings. The Balaban J connectivity index is 1.77. The molecular formula is C10H18N2O. The van der Waals surface area contributed by atoms with Crippen molar-refractivity contribution in [1.29, 1.82) is 0 Å². The van der Waals surface area contributed by atoms with Crippen LogP contribution in [0.5, 0.6) is 0 Å². The second-order valence-corrected chi connectivity index (χ2v) is 4.18. The van der Waals surface area contributed by atoms with E-state index >= 15 is 0 Å². The van der Waals surface area contributed by atoms with E-state index in [4.69, 9.17) is 0 Å². The summed E-state index contributed by atoms with van der Waals surface area (Å²) in [6, 6.07) is 0.995. The minimum atomic E-state index is 0.112. The molecule has 1 saturated carbocycles. The van der Waals surface area contributed by atoms with Gasteiger partial charge in [-0.1, -0.05) is 0 Å². The molecule has 13 heavy (non-hydrogen) atoms. The molecule has 74 valence electrons. The summed E-state index contributed by atoms with van der Waals surface area (Å²) in [4.78, 5) is 15.4. The standard InChI is InChI=1S/C10H18N2O/c1-9(8-13)11-4-6-12(7-5-11)10-2-3-10/h8-10H,2-7H2,1H3. The van der Waals surface area contributed by atoms with Gasteiger partial charge in [-0.3, -0.25) is 9.80 Å². The van der Waals surface area contributed by atoms with Crippen molar-refractivity contribution in [3.63, 3.8) is 0 Å². The summed E-state index contributed by atoms with van der Waals surface area (Å²) in [6.07, 6.45) is 3.83. The summed E-state index contributed by atoms with van der Waals surface area (Å²) in [5.74, 6) is 0. The second kappa shape index (κ2) is 3.76. The number of piperazine rings is 1. The zero-order valence-corrected chi connectivity index (χ0v) is 8.28. The normalized spacial score (nSPS) is 28.7. The van der Waals surface area contributed by atoms with Crippen LogP contribution in [0.2, 0.25) is 0 Å². The molecule has 2 fully saturated rings. The molecule has 0 bridgehead atoms. The van der Waals surface area contributed by atoms with Crippen molar-refractivity contribution < 1.29 is 4.79 Å². The van der Waals surface area contributed by atoms with Crippen LogP contribution in [0.4, 0.5) is 0 Å². The van der Waals surface area contributed by atoms with E-state index in [-0.39, 0.29) is 6.04 Å². The molecule has 3 heteroatoms. The van der Waals surface area contributed by atoms with Gasteiger partial charge in [0.15, 0.2) is 0 Å². The summed E-state index contributed by atoms with van der Waals surface area (Å²) in [7, 11) is 0. The molecule has 1 heterocycles. The fourth-order valence-electron chi connectivity index (χ4n) is 2.04. The first-order chi connectivity index (χ1) is 6.31. The lowest BCUT2D eigenvalue weighted by atomic mass is 10.2. The summed E-state index contributed by atoms with van der Waals surface area (Å²) in [5, 5.41) is 0. The third-order valence-electron chi connectivity index (χ3n) is 3.19. The molecule has 1 saturated heterocycles. The highest BCUT2D eigenvalue weighted by Gasteiger charge is 2.31. The Bertz CT molecular complexity index is 183. The van der Waals surface area contributed by atoms with Crippen molar-refractivity contribution in [2.45, 2.75) is 31.8 Å². The van der Waals surface area contributed by atoms with Gasteiger partial charge in [-0.15, -0.1) is 0 Å². The van der Waals surface area contributed by atoms with Crippen molar-refractivity contribution in [2.75, 3.05) is 26.2 Å². The molecule has 1 unspecified atom stereocenters. The average molecular weight is 182 g/mol. The van der Waals surface area contributed by atoms with Gasteiger partial charge in [0.05, 0.1) is 6.04 Å². The van der Waals surface area contributed by atoms with E-state index in [2.05, 4.69) is 9.80 Å². The van der Waals surface area contributed by atoms with Crippen LogP contribution in [0.25, 0.3) is 0 Å². The van der Waals surface area contributed by atoms with Crippen LogP contribution in [0.15, 0.2) is 0 Å². The molecule has 0 amide bonds. The quantitative estimate of drug-likeness (QED) is 0.589. The molecule has 1 aliphatic heterocycles. The van der Waals surface area contributed by atoms with E-state index in [0.717, 1.165) is 38.5 Å². The maximum absolute atomic E-state index is 10.6. The van der Waals surface area contributed by atoms with E-state index < -0.39 is 0 Å². The Morgan fingerprint density at radius 3 is 2.31 bits per heavy atom. The third kappa shape index (κ3) is 2.09. The number of carbonyl (C=O) groups is 1. The number of aldehydes is 1. The number of hydrogen-bond donors (Lipinski definition) is 0. The maximum atomic E-state index is 10.6. The minimum absolute atomic E-state index is 0.112. The van der Waals surface area contributed by atoms with Gasteiger partial charge in [-0.2, -0.15) is 0 Å². The Kier molecular flexibility index (Phi) is 2.65. The van der Waals surface area contributed by atoms with E-state index in [1.807, 2.05) is 6.92 Å². The van der Waals surface area contributed by atoms with Gasteiger partial charge in [-0.05, 0) is 19.8 Å². The number of hydrogen-bond acceptors (Lipinski definition) is 3. The molecule has 0 aromatic heterocycles. The summed E-state index contributed by atoms with van der Waals surface area (Å²) in [5.41, 5.74) is 0. The molecule has 1 aliphatic carbocycles. The Morgan fingerprint density at radius 2 is 1.85 bits per heavy atom. The SMILES string of the molecule is CC(C=O)N1CCN(C2CC2)CC1. The first-order valence-corrected chi connectivity index (χ1v) is 5.24. The lowest BCUT2D eigenvalue weighted by Crippen LogP contribution is -2.50. The van der Waals surface area contributed by atoms with Crippen LogP contribution in [0.3, 0.4) is 0 Å². The van der Waals surface area contributed by atoms with Crippen LogP contribution >= 0.6 is 0 Å². The van der Waals surface area contributed by atoms with Gasteiger partial charge in [0.25, 0.3) is 0 Å². The van der Waals surface area contributed by atoms with Gasteiger partial charge >= 0.3 is 0 Å².